The molecule has 0 aliphatic rings. The van der Waals surface area contributed by atoms with Gasteiger partial charge in [0.25, 0.3) is 0 Å². The maximum Gasteiger partial charge on any atom is 0.212 e. The van der Waals surface area contributed by atoms with E-state index in [0.717, 1.165) is 18.6 Å². The largest absolute Gasteiger partial charge is 0.450 e. The molecular weight excluding hydrogens is 567 g/mol. The van der Waals surface area contributed by atoms with Crippen LogP contribution in [0, 0.1) is 0 Å². The van der Waals surface area contributed by atoms with Crippen molar-refractivity contribution in [3.63, 3.8) is 0 Å². The van der Waals surface area contributed by atoms with Crippen LogP contribution in [0.15, 0.2) is 18.2 Å². The fourth-order valence-corrected chi connectivity index (χ4v) is 7.28. The maximum absolute atomic E-state index is 9.48. The molecule has 264 valence electrons. The monoisotopic (exact) mass is 647 g/mol. The second kappa shape index (κ2) is 34.7. The Labute approximate surface area is 285 Å². The van der Waals surface area contributed by atoms with Crippen molar-refractivity contribution in [3.8, 4) is 5.75 Å². The van der Waals surface area contributed by atoms with Gasteiger partial charge in [0.2, 0.25) is 9.03 Å². The van der Waals surface area contributed by atoms with Crippen LogP contribution >= 0.6 is 9.03 Å². The van der Waals surface area contributed by atoms with Gasteiger partial charge in [0.15, 0.2) is 0 Å². The Balaban J connectivity index is 2.06. The van der Waals surface area contributed by atoms with Gasteiger partial charge in [-0.15, -0.1) is 0 Å². The molecule has 0 fully saturated rings. The molecule has 0 saturated heterocycles. The molecule has 1 aromatic carbocycles. The highest BCUT2D eigenvalue weighted by molar-refractivity contribution is 7.25. The van der Waals surface area contributed by atoms with E-state index >= 15 is 0 Å². The highest BCUT2D eigenvalue weighted by Crippen LogP contribution is 2.30. The van der Waals surface area contributed by atoms with E-state index in [0.29, 0.717) is 0 Å². The normalized spacial score (nSPS) is 11.7. The lowest BCUT2D eigenvalue weighted by Crippen LogP contribution is -1.98. The second-order valence-electron chi connectivity index (χ2n) is 14.2. The van der Waals surface area contributed by atoms with E-state index in [-0.39, 0.29) is 0 Å². The summed E-state index contributed by atoms with van der Waals surface area (Å²) < 4.78 is 5.67. The van der Waals surface area contributed by atoms with Crippen LogP contribution in [0.2, 0.25) is 0 Å². The van der Waals surface area contributed by atoms with Crippen molar-refractivity contribution in [2.75, 3.05) is 0 Å². The van der Waals surface area contributed by atoms with Crippen LogP contribution in [0.5, 0.6) is 5.75 Å². The molecule has 1 unspecified atom stereocenters. The first-order valence-electron chi connectivity index (χ1n) is 20.5. The molecule has 1 aromatic rings. The molecule has 1 rings (SSSR count). The van der Waals surface area contributed by atoms with Gasteiger partial charge in [0.1, 0.15) is 5.75 Å². The fraction of sp³-hybridized carbons (Fsp3) is 0.857. The summed E-state index contributed by atoms with van der Waals surface area (Å²) >= 11 is 0. The predicted octanol–water partition coefficient (Wildman–Crippen LogP) is 15.2. The van der Waals surface area contributed by atoms with Gasteiger partial charge in [0, 0.05) is 0 Å². The molecule has 2 nitrogen and oxygen atoms in total. The second-order valence-corrected chi connectivity index (χ2v) is 14.6. The lowest BCUT2D eigenvalue weighted by atomic mass is 9.95. The third kappa shape index (κ3) is 27.1. The first-order chi connectivity index (χ1) is 22.3. The predicted molar refractivity (Wildman–Crippen MR) is 204 cm³/mol. The summed E-state index contributed by atoms with van der Waals surface area (Å²) in [6.45, 7) is 4.60. The van der Waals surface area contributed by atoms with Gasteiger partial charge in [-0.25, -0.2) is 0 Å². The minimum atomic E-state index is -0.468. The van der Waals surface area contributed by atoms with Crippen molar-refractivity contribution in [1.82, 2.24) is 0 Å². The van der Waals surface area contributed by atoms with Crippen LogP contribution < -0.4 is 4.52 Å². The summed E-state index contributed by atoms with van der Waals surface area (Å²) in [4.78, 5) is 9.48. The number of hydrogen-bond donors (Lipinski definition) is 1. The van der Waals surface area contributed by atoms with E-state index in [1.807, 2.05) is 0 Å². The molecule has 0 aromatic heterocycles. The molecule has 0 aliphatic carbocycles. The minimum Gasteiger partial charge on any atom is -0.450 e. The highest BCUT2D eigenvalue weighted by Gasteiger charge is 2.10. The summed E-state index contributed by atoms with van der Waals surface area (Å²) in [5.74, 6) is 0.922. The summed E-state index contributed by atoms with van der Waals surface area (Å²) in [7, 11) is -0.468. The van der Waals surface area contributed by atoms with Crippen LogP contribution in [0.1, 0.15) is 230 Å². The van der Waals surface area contributed by atoms with Gasteiger partial charge in [-0.3, -0.25) is 0 Å². The van der Waals surface area contributed by atoms with Crippen molar-refractivity contribution >= 4 is 9.03 Å². The molecule has 1 atom stereocenters. The van der Waals surface area contributed by atoms with Gasteiger partial charge < -0.3 is 9.42 Å². The van der Waals surface area contributed by atoms with Crippen molar-refractivity contribution in [2.24, 2.45) is 0 Å². The summed E-state index contributed by atoms with van der Waals surface area (Å²) in [6.07, 6.45) is 47.4. The Bertz CT molecular complexity index is 721. The average Bonchev–Trinajstić information content (AvgIpc) is 3.05. The van der Waals surface area contributed by atoms with Crippen LogP contribution in [0.3, 0.4) is 0 Å². The maximum atomic E-state index is 9.48. The number of aryl methyl sites for hydroxylation is 1. The number of benzene rings is 1. The van der Waals surface area contributed by atoms with Gasteiger partial charge in [-0.1, -0.05) is 219 Å². The SMILES string of the molecule is CCCCCCCCCCCCCCCCCCc1cccc(OPO)c1CCCCCCCCCCCCCCCCCC. The van der Waals surface area contributed by atoms with Gasteiger partial charge >= 0.3 is 0 Å². The molecular formula is C42H79O2P. The summed E-state index contributed by atoms with van der Waals surface area (Å²) in [5.41, 5.74) is 2.82. The number of hydrogen-bond acceptors (Lipinski definition) is 2. The number of rotatable bonds is 36. The molecule has 0 saturated carbocycles. The molecule has 0 spiro atoms. The molecule has 0 aliphatic heterocycles. The van der Waals surface area contributed by atoms with Crippen molar-refractivity contribution < 1.29 is 9.42 Å². The van der Waals surface area contributed by atoms with Crippen LogP contribution in [0.25, 0.3) is 0 Å². The van der Waals surface area contributed by atoms with Crippen molar-refractivity contribution in [2.45, 2.75) is 232 Å². The molecule has 45 heavy (non-hydrogen) atoms. The van der Waals surface area contributed by atoms with Crippen molar-refractivity contribution in [1.29, 1.82) is 0 Å². The third-order valence-electron chi connectivity index (χ3n) is 9.97. The summed E-state index contributed by atoms with van der Waals surface area (Å²) in [5, 5.41) is 0. The Morgan fingerprint density at radius 1 is 0.422 bits per heavy atom. The average molecular weight is 647 g/mol. The van der Waals surface area contributed by atoms with Gasteiger partial charge in [-0.05, 0) is 42.9 Å². The molecule has 0 heterocycles. The topological polar surface area (TPSA) is 29.5 Å². The fourth-order valence-electron chi connectivity index (χ4n) is 6.99. The Hall–Kier alpha value is -0.590. The smallest absolute Gasteiger partial charge is 0.212 e. The van der Waals surface area contributed by atoms with Crippen LogP contribution in [-0.4, -0.2) is 4.89 Å². The molecule has 1 N–H and O–H groups in total. The first kappa shape index (κ1) is 42.4. The lowest BCUT2D eigenvalue weighted by Gasteiger charge is -2.15. The van der Waals surface area contributed by atoms with E-state index in [2.05, 4.69) is 32.0 Å². The molecule has 0 bridgehead atoms. The standard InChI is InChI=1S/C42H79O2P/c1-3-5-7-9-11-13-15-17-19-21-23-25-27-29-31-33-36-40-37-35-39-42(44-45-43)41(40)38-34-32-30-28-26-24-22-20-18-16-14-12-10-8-6-4-2/h35,37,39,43,45H,3-34,36,38H2,1-2H3. The van der Waals surface area contributed by atoms with Crippen molar-refractivity contribution in [3.05, 3.63) is 29.3 Å². The van der Waals surface area contributed by atoms with Crippen LogP contribution in [-0.2, 0) is 12.8 Å². The first-order valence-corrected chi connectivity index (χ1v) is 21.4. The van der Waals surface area contributed by atoms with E-state index < -0.39 is 9.03 Å². The van der Waals surface area contributed by atoms with E-state index in [4.69, 9.17) is 4.52 Å². The van der Waals surface area contributed by atoms with Gasteiger partial charge in [0.05, 0.1) is 0 Å². The van der Waals surface area contributed by atoms with E-state index in [9.17, 15) is 4.89 Å². The highest BCUT2D eigenvalue weighted by atomic mass is 31.1. The molecule has 3 heteroatoms. The Kier molecular flexibility index (Phi) is 32.8. The molecule has 0 amide bonds. The summed E-state index contributed by atoms with van der Waals surface area (Å²) in [6, 6.07) is 6.48. The number of unbranched alkanes of at least 4 members (excludes halogenated alkanes) is 30. The third-order valence-corrected chi connectivity index (χ3v) is 10.3. The minimum absolute atomic E-state index is 0.468. The Morgan fingerprint density at radius 3 is 1.07 bits per heavy atom. The zero-order valence-corrected chi connectivity index (χ0v) is 31.6. The Morgan fingerprint density at radius 2 is 0.733 bits per heavy atom. The zero-order valence-electron chi connectivity index (χ0n) is 30.6. The van der Waals surface area contributed by atoms with E-state index in [1.54, 1.807) is 0 Å². The van der Waals surface area contributed by atoms with Gasteiger partial charge in [-0.2, -0.15) is 0 Å². The van der Waals surface area contributed by atoms with E-state index in [1.165, 1.54) is 217 Å². The zero-order chi connectivity index (χ0) is 32.3. The molecule has 0 radical (unpaired) electrons. The van der Waals surface area contributed by atoms with Crippen LogP contribution in [0.4, 0.5) is 0 Å². The lowest BCUT2D eigenvalue weighted by molar-refractivity contribution is 0.505. The quantitative estimate of drug-likeness (QED) is 0.0580.